The van der Waals surface area contributed by atoms with Crippen LogP contribution < -0.4 is 5.32 Å². The van der Waals surface area contributed by atoms with E-state index >= 15 is 0 Å². The van der Waals surface area contributed by atoms with E-state index in [1.807, 2.05) is 19.1 Å². The smallest absolute Gasteiger partial charge is 0.160 e. The topological polar surface area (TPSA) is 72.2 Å². The average molecular weight is 388 g/mol. The fourth-order valence-corrected chi connectivity index (χ4v) is 2.76. The molecule has 6 nitrogen and oxygen atoms in total. The van der Waals surface area contributed by atoms with Crippen molar-refractivity contribution in [1.82, 2.24) is 14.8 Å². The molecule has 148 valence electrons. The second-order valence-corrected chi connectivity index (χ2v) is 6.38. The van der Waals surface area contributed by atoms with Crippen molar-refractivity contribution in [2.75, 3.05) is 12.4 Å². The van der Waals surface area contributed by atoms with Crippen molar-refractivity contribution in [2.24, 2.45) is 0 Å². The van der Waals surface area contributed by atoms with E-state index in [0.717, 1.165) is 29.1 Å². The summed E-state index contributed by atoms with van der Waals surface area (Å²) in [6.07, 6.45) is 1.70. The van der Waals surface area contributed by atoms with Crippen LogP contribution in [0.2, 0.25) is 0 Å². The molecule has 0 bridgehead atoms. The number of nitrogens with one attached hydrogen (secondary N) is 1. The van der Waals surface area contributed by atoms with Gasteiger partial charge in [-0.2, -0.15) is 5.10 Å². The molecule has 2 aromatic heterocycles. The zero-order valence-electron chi connectivity index (χ0n) is 15.7. The normalized spacial score (nSPS) is 12.2. The summed E-state index contributed by atoms with van der Waals surface area (Å²) in [5.74, 6) is -1.40. The van der Waals surface area contributed by atoms with Gasteiger partial charge >= 0.3 is 0 Å². The summed E-state index contributed by atoms with van der Waals surface area (Å²) in [6, 6.07) is 9.06. The lowest BCUT2D eigenvalue weighted by Gasteiger charge is -2.12. The molecule has 2 N–H and O–H groups in total. The molecule has 0 fully saturated rings. The monoisotopic (exact) mass is 388 g/mol. The minimum Gasteiger partial charge on any atom is -0.391 e. The van der Waals surface area contributed by atoms with Gasteiger partial charge in [0, 0.05) is 36.7 Å². The molecule has 1 aromatic carbocycles. The molecule has 0 unspecified atom stereocenters. The molecule has 0 saturated heterocycles. The van der Waals surface area contributed by atoms with Gasteiger partial charge in [-0.15, -0.1) is 0 Å². The Morgan fingerprint density at radius 3 is 2.71 bits per heavy atom. The van der Waals surface area contributed by atoms with Crippen molar-refractivity contribution in [2.45, 2.75) is 32.6 Å². The Morgan fingerprint density at radius 1 is 1.18 bits per heavy atom. The lowest BCUT2D eigenvalue weighted by Crippen LogP contribution is -2.16. The molecule has 0 aliphatic heterocycles. The van der Waals surface area contributed by atoms with E-state index in [0.29, 0.717) is 31.1 Å². The van der Waals surface area contributed by atoms with Crippen LogP contribution in [-0.4, -0.2) is 33.1 Å². The highest BCUT2D eigenvalue weighted by Crippen LogP contribution is 2.26. The van der Waals surface area contributed by atoms with Gasteiger partial charge < -0.3 is 15.2 Å². The molecule has 0 aliphatic rings. The summed E-state index contributed by atoms with van der Waals surface area (Å²) in [6.45, 7) is 2.56. The molecule has 2 heterocycles. The van der Waals surface area contributed by atoms with Crippen molar-refractivity contribution in [3.05, 3.63) is 59.9 Å². The lowest BCUT2D eigenvalue weighted by molar-refractivity contribution is 0.146. The third-order valence-electron chi connectivity index (χ3n) is 4.23. The number of hydrogen-bond donors (Lipinski definition) is 2. The summed E-state index contributed by atoms with van der Waals surface area (Å²) in [4.78, 5) is 4.26. The van der Waals surface area contributed by atoms with Gasteiger partial charge in [-0.1, -0.05) is 6.92 Å². The number of ether oxygens (including phenoxy) is 1. The molecule has 0 aliphatic carbocycles. The fraction of sp³-hybridized carbons (Fsp3) is 0.300. The van der Waals surface area contributed by atoms with Crippen molar-refractivity contribution in [3.8, 4) is 11.3 Å². The van der Waals surface area contributed by atoms with Crippen LogP contribution in [0.4, 0.5) is 20.3 Å². The van der Waals surface area contributed by atoms with Crippen LogP contribution in [0.1, 0.15) is 19.0 Å². The predicted molar refractivity (Wildman–Crippen MR) is 102 cm³/mol. The molecule has 0 spiro atoms. The first-order valence-corrected chi connectivity index (χ1v) is 8.92. The van der Waals surface area contributed by atoms with Crippen LogP contribution in [0.15, 0.2) is 42.6 Å². The standard InChI is InChI=1S/C20H22F2N4O2/c1-3-16(27)11-26-19(13-6-7-23-15(8-13)12-28-2)10-20(25-26)24-14-4-5-17(21)18(22)9-14/h4-10,16,27H,3,11-12H2,1-2H3,(H,24,25)/t16-/m0/s1. The van der Waals surface area contributed by atoms with Crippen LogP contribution in [-0.2, 0) is 17.9 Å². The van der Waals surface area contributed by atoms with Crippen molar-refractivity contribution >= 4 is 11.5 Å². The number of methoxy groups -OCH3 is 1. The molecular formula is C20H22F2N4O2. The van der Waals surface area contributed by atoms with Gasteiger partial charge in [-0.3, -0.25) is 9.67 Å². The summed E-state index contributed by atoms with van der Waals surface area (Å²) < 4.78 is 33.4. The highest BCUT2D eigenvalue weighted by atomic mass is 19.2. The van der Waals surface area contributed by atoms with E-state index in [4.69, 9.17) is 4.74 Å². The van der Waals surface area contributed by atoms with Crippen molar-refractivity contribution < 1.29 is 18.6 Å². The quantitative estimate of drug-likeness (QED) is 0.613. The Labute approximate surface area is 161 Å². The minimum atomic E-state index is -0.940. The largest absolute Gasteiger partial charge is 0.391 e. The zero-order valence-corrected chi connectivity index (χ0v) is 15.7. The Kier molecular flexibility index (Phi) is 6.33. The lowest BCUT2D eigenvalue weighted by atomic mass is 10.1. The average Bonchev–Trinajstić information content (AvgIpc) is 3.07. The molecule has 8 heteroatoms. The number of nitrogens with zero attached hydrogens (tertiary/aromatic N) is 3. The van der Waals surface area contributed by atoms with Crippen LogP contribution in [0.5, 0.6) is 0 Å². The number of rotatable bonds is 8. The van der Waals surface area contributed by atoms with Gasteiger partial charge in [0.15, 0.2) is 17.5 Å². The Bertz CT molecular complexity index is 946. The minimum absolute atomic E-state index is 0.299. The summed E-state index contributed by atoms with van der Waals surface area (Å²) >= 11 is 0. The first kappa shape index (κ1) is 19.9. The highest BCUT2D eigenvalue weighted by Gasteiger charge is 2.14. The third-order valence-corrected chi connectivity index (χ3v) is 4.23. The summed E-state index contributed by atoms with van der Waals surface area (Å²) in [5.41, 5.74) is 2.76. The number of hydrogen-bond acceptors (Lipinski definition) is 5. The maximum Gasteiger partial charge on any atom is 0.160 e. The number of aromatic nitrogens is 3. The predicted octanol–water partition coefficient (Wildman–Crippen LogP) is 3.88. The highest BCUT2D eigenvalue weighted by molar-refractivity contribution is 5.66. The van der Waals surface area contributed by atoms with E-state index in [2.05, 4.69) is 15.4 Å². The van der Waals surface area contributed by atoms with Crippen LogP contribution >= 0.6 is 0 Å². The van der Waals surface area contributed by atoms with Crippen LogP contribution in [0.3, 0.4) is 0 Å². The van der Waals surface area contributed by atoms with Crippen LogP contribution in [0.25, 0.3) is 11.3 Å². The van der Waals surface area contributed by atoms with E-state index < -0.39 is 17.7 Å². The summed E-state index contributed by atoms with van der Waals surface area (Å²) in [5, 5.41) is 17.5. The molecule has 0 amide bonds. The maximum atomic E-state index is 13.5. The number of benzene rings is 1. The Balaban J connectivity index is 1.95. The summed E-state index contributed by atoms with van der Waals surface area (Å²) in [7, 11) is 1.60. The van der Waals surface area contributed by atoms with E-state index in [9.17, 15) is 13.9 Å². The molecule has 1 atom stereocenters. The fourth-order valence-electron chi connectivity index (χ4n) is 2.76. The molecule has 28 heavy (non-hydrogen) atoms. The van der Waals surface area contributed by atoms with E-state index in [-0.39, 0.29) is 0 Å². The van der Waals surface area contributed by atoms with Gasteiger partial charge in [0.05, 0.1) is 30.6 Å². The second kappa shape index (κ2) is 8.90. The zero-order chi connectivity index (χ0) is 20.1. The van der Waals surface area contributed by atoms with Gasteiger partial charge in [0.25, 0.3) is 0 Å². The molecule has 3 rings (SSSR count). The van der Waals surface area contributed by atoms with Crippen molar-refractivity contribution in [1.29, 1.82) is 0 Å². The molecule has 0 radical (unpaired) electrons. The number of aliphatic hydroxyl groups is 1. The van der Waals surface area contributed by atoms with Gasteiger partial charge in [0.1, 0.15) is 0 Å². The maximum absolute atomic E-state index is 13.5. The third kappa shape index (κ3) is 4.71. The number of anilines is 2. The first-order valence-electron chi connectivity index (χ1n) is 8.92. The van der Waals surface area contributed by atoms with E-state index in [1.165, 1.54) is 6.07 Å². The van der Waals surface area contributed by atoms with Crippen molar-refractivity contribution in [3.63, 3.8) is 0 Å². The van der Waals surface area contributed by atoms with E-state index in [1.54, 1.807) is 24.1 Å². The van der Waals surface area contributed by atoms with Gasteiger partial charge in [0.2, 0.25) is 0 Å². The number of aliphatic hydroxyl groups excluding tert-OH is 1. The van der Waals surface area contributed by atoms with Crippen LogP contribution in [0, 0.1) is 11.6 Å². The molecule has 3 aromatic rings. The Morgan fingerprint density at radius 2 is 2.00 bits per heavy atom. The number of halogens is 2. The van der Waals surface area contributed by atoms with Gasteiger partial charge in [-0.25, -0.2) is 8.78 Å². The van der Waals surface area contributed by atoms with Gasteiger partial charge in [-0.05, 0) is 30.7 Å². The SMILES string of the molecule is CC[C@H](O)Cn1nc(Nc2ccc(F)c(F)c2)cc1-c1ccnc(COC)c1. The number of pyridine rings is 1. The second-order valence-electron chi connectivity index (χ2n) is 6.38. The molecule has 0 saturated carbocycles. The first-order chi connectivity index (χ1) is 13.5. The Hall–Kier alpha value is -2.84. The molecular weight excluding hydrogens is 366 g/mol.